The zero-order chi connectivity index (χ0) is 22.6. The molecule has 2 aromatic rings. The van der Waals surface area contributed by atoms with Crippen LogP contribution in [-0.2, 0) is 21.8 Å². The van der Waals surface area contributed by atoms with E-state index in [4.69, 9.17) is 23.2 Å². The van der Waals surface area contributed by atoms with Gasteiger partial charge < -0.3 is 4.90 Å². The second-order valence-electron chi connectivity index (χ2n) is 7.18. The molecule has 4 nitrogen and oxygen atoms in total. The van der Waals surface area contributed by atoms with Crippen molar-refractivity contribution in [2.24, 2.45) is 4.99 Å². The maximum atomic E-state index is 13.3. The number of hydrogen-bond acceptors (Lipinski definition) is 5. The lowest BCUT2D eigenvalue weighted by atomic mass is 10.1. The average molecular weight is 513 g/mol. The van der Waals surface area contributed by atoms with E-state index < -0.39 is 39.5 Å². The predicted octanol–water partition coefficient (Wildman–Crippen LogP) is 5.43. The molecule has 4 rings (SSSR count). The Balaban J connectivity index is 1.70. The number of anilines is 1. The topological polar surface area (TPSA) is 49.7 Å². The molecule has 0 spiro atoms. The molecule has 2 atom stereocenters. The number of alkyl halides is 3. The maximum absolute atomic E-state index is 13.3. The van der Waals surface area contributed by atoms with Crippen molar-refractivity contribution < 1.29 is 26.0 Å². The van der Waals surface area contributed by atoms with Crippen molar-refractivity contribution in [3.8, 4) is 0 Å². The number of aliphatic imine (C=N–C) groups is 1. The van der Waals surface area contributed by atoms with E-state index in [1.165, 1.54) is 28.8 Å². The second kappa shape index (κ2) is 8.13. The van der Waals surface area contributed by atoms with Gasteiger partial charge in [0, 0.05) is 10.8 Å². The summed E-state index contributed by atoms with van der Waals surface area (Å²) in [5.74, 6) is -0.660. The van der Waals surface area contributed by atoms with Crippen LogP contribution >= 0.6 is 35.0 Å². The SMILES string of the molecule is O=S1(=O)C[C@@H]2N=C(SCc3ccc(F)cc3Cl)N(c3cc(C(F)(F)F)ccc3Cl)[C@H]2C1. The van der Waals surface area contributed by atoms with Gasteiger partial charge in [-0.25, -0.2) is 12.8 Å². The third-order valence-corrected chi connectivity index (χ3v) is 8.40. The molecule has 2 heterocycles. The van der Waals surface area contributed by atoms with Crippen molar-refractivity contribution in [3.05, 3.63) is 63.4 Å². The van der Waals surface area contributed by atoms with Crippen molar-refractivity contribution >= 4 is 55.7 Å². The van der Waals surface area contributed by atoms with Crippen molar-refractivity contribution in [3.63, 3.8) is 0 Å². The normalized spacial score (nSPS) is 22.5. The predicted molar refractivity (Wildman–Crippen MR) is 115 cm³/mol. The van der Waals surface area contributed by atoms with E-state index in [1.807, 2.05) is 0 Å². The minimum absolute atomic E-state index is 0.0394. The molecule has 12 heteroatoms. The van der Waals surface area contributed by atoms with Crippen LogP contribution in [0.1, 0.15) is 11.1 Å². The van der Waals surface area contributed by atoms with Gasteiger partial charge in [-0.1, -0.05) is 41.0 Å². The molecule has 166 valence electrons. The first kappa shape index (κ1) is 22.7. The fraction of sp³-hybridized carbons (Fsp3) is 0.316. The fourth-order valence-corrected chi connectivity index (χ4v) is 7.06. The molecule has 2 aliphatic rings. The molecular weight excluding hydrogens is 499 g/mol. The van der Waals surface area contributed by atoms with Gasteiger partial charge in [-0.05, 0) is 35.9 Å². The highest BCUT2D eigenvalue weighted by molar-refractivity contribution is 8.13. The summed E-state index contributed by atoms with van der Waals surface area (Å²) in [5.41, 5.74) is -0.254. The summed E-state index contributed by atoms with van der Waals surface area (Å²) in [6.45, 7) is 0. The van der Waals surface area contributed by atoms with Gasteiger partial charge in [0.15, 0.2) is 15.0 Å². The van der Waals surface area contributed by atoms with Crippen LogP contribution in [0.2, 0.25) is 10.0 Å². The van der Waals surface area contributed by atoms with Gasteiger partial charge in [-0.3, -0.25) is 4.99 Å². The Morgan fingerprint density at radius 1 is 1.10 bits per heavy atom. The van der Waals surface area contributed by atoms with Crippen LogP contribution in [0.3, 0.4) is 0 Å². The molecule has 2 aromatic carbocycles. The highest BCUT2D eigenvalue weighted by Crippen LogP contribution is 2.42. The van der Waals surface area contributed by atoms with Crippen LogP contribution in [0.15, 0.2) is 41.4 Å². The van der Waals surface area contributed by atoms with E-state index in [0.717, 1.165) is 24.3 Å². The molecule has 0 bridgehead atoms. The number of halogens is 6. The lowest BCUT2D eigenvalue weighted by Crippen LogP contribution is -2.39. The molecule has 1 saturated heterocycles. The van der Waals surface area contributed by atoms with Crippen molar-refractivity contribution in [2.45, 2.75) is 24.0 Å². The summed E-state index contributed by atoms with van der Waals surface area (Å²) in [6, 6.07) is 5.56. The molecule has 0 aliphatic carbocycles. The molecule has 0 amide bonds. The lowest BCUT2D eigenvalue weighted by molar-refractivity contribution is -0.137. The highest BCUT2D eigenvalue weighted by Gasteiger charge is 2.48. The monoisotopic (exact) mass is 512 g/mol. The summed E-state index contributed by atoms with van der Waals surface area (Å²) < 4.78 is 77.4. The van der Waals surface area contributed by atoms with Crippen LogP contribution < -0.4 is 4.90 Å². The van der Waals surface area contributed by atoms with E-state index in [2.05, 4.69) is 4.99 Å². The van der Waals surface area contributed by atoms with Gasteiger partial charge in [-0.2, -0.15) is 13.2 Å². The molecule has 0 aromatic heterocycles. The average Bonchev–Trinajstić information content (AvgIpc) is 3.11. The van der Waals surface area contributed by atoms with Gasteiger partial charge in [0.05, 0.1) is 39.9 Å². The quantitative estimate of drug-likeness (QED) is 0.514. The Morgan fingerprint density at radius 2 is 1.84 bits per heavy atom. The number of hydrogen-bond donors (Lipinski definition) is 0. The summed E-state index contributed by atoms with van der Waals surface area (Å²) >= 11 is 13.5. The zero-order valence-electron chi connectivity index (χ0n) is 15.5. The molecule has 2 aliphatic heterocycles. The Kier molecular flexibility index (Phi) is 5.95. The molecule has 0 N–H and O–H groups in total. The number of thioether (sulfide) groups is 1. The molecule has 0 saturated carbocycles. The Bertz CT molecular complexity index is 1170. The van der Waals surface area contributed by atoms with Crippen LogP contribution in [0, 0.1) is 5.82 Å². The van der Waals surface area contributed by atoms with Crippen molar-refractivity contribution in [1.82, 2.24) is 0 Å². The minimum atomic E-state index is -4.59. The molecule has 31 heavy (non-hydrogen) atoms. The minimum Gasteiger partial charge on any atom is -0.313 e. The number of sulfone groups is 1. The first-order valence-corrected chi connectivity index (χ1v) is 12.5. The van der Waals surface area contributed by atoms with Crippen LogP contribution in [0.25, 0.3) is 0 Å². The standard InChI is InChI=1S/C19H14Cl2F4N2O2S2/c20-13-4-2-11(19(23,24)25)5-16(13)27-17-9-31(28,29)8-15(17)26-18(27)30-7-10-1-3-12(22)6-14(10)21/h1-6,15,17H,7-9H2/t15-,17-/m0/s1. The number of rotatable bonds is 3. The van der Waals surface area contributed by atoms with Crippen LogP contribution in [-0.4, -0.2) is 37.2 Å². The Labute approximate surface area is 190 Å². The first-order chi connectivity index (χ1) is 14.4. The number of benzene rings is 2. The highest BCUT2D eigenvalue weighted by atomic mass is 35.5. The third-order valence-electron chi connectivity index (χ3n) is 5.01. The van der Waals surface area contributed by atoms with E-state index in [-0.39, 0.29) is 33.0 Å². The fourth-order valence-electron chi connectivity index (χ4n) is 3.57. The summed E-state index contributed by atoms with van der Waals surface area (Å²) in [5, 5.41) is 0.593. The van der Waals surface area contributed by atoms with E-state index in [9.17, 15) is 26.0 Å². The molecule has 1 fully saturated rings. The van der Waals surface area contributed by atoms with Gasteiger partial charge in [0.1, 0.15) is 5.82 Å². The van der Waals surface area contributed by atoms with Crippen LogP contribution in [0.4, 0.5) is 23.2 Å². The molecule has 0 unspecified atom stereocenters. The molecule has 0 radical (unpaired) electrons. The smallest absolute Gasteiger partial charge is 0.313 e. The lowest BCUT2D eigenvalue weighted by Gasteiger charge is -2.28. The Morgan fingerprint density at radius 3 is 2.52 bits per heavy atom. The van der Waals surface area contributed by atoms with E-state index >= 15 is 0 Å². The second-order valence-corrected chi connectivity index (χ2v) is 11.1. The maximum Gasteiger partial charge on any atom is 0.416 e. The van der Waals surface area contributed by atoms with Gasteiger partial charge in [0.25, 0.3) is 0 Å². The van der Waals surface area contributed by atoms with Crippen molar-refractivity contribution in [2.75, 3.05) is 16.4 Å². The van der Waals surface area contributed by atoms with Crippen LogP contribution in [0.5, 0.6) is 0 Å². The van der Waals surface area contributed by atoms with Crippen molar-refractivity contribution in [1.29, 1.82) is 0 Å². The van der Waals surface area contributed by atoms with Gasteiger partial charge in [-0.15, -0.1) is 0 Å². The van der Waals surface area contributed by atoms with Gasteiger partial charge in [0.2, 0.25) is 0 Å². The Hall–Kier alpha value is -1.49. The van der Waals surface area contributed by atoms with E-state index in [0.29, 0.717) is 10.7 Å². The number of nitrogens with zero attached hydrogens (tertiary/aromatic N) is 2. The summed E-state index contributed by atoms with van der Waals surface area (Å²) in [6.07, 6.45) is -4.59. The number of amidine groups is 1. The first-order valence-electron chi connectivity index (χ1n) is 8.95. The largest absolute Gasteiger partial charge is 0.416 e. The third kappa shape index (κ3) is 4.67. The molecular formula is C19H14Cl2F4N2O2S2. The number of fused-ring (bicyclic) bond motifs is 1. The summed E-state index contributed by atoms with van der Waals surface area (Å²) in [7, 11) is -3.39. The van der Waals surface area contributed by atoms with Gasteiger partial charge >= 0.3 is 6.18 Å². The van der Waals surface area contributed by atoms with E-state index in [1.54, 1.807) is 0 Å². The zero-order valence-corrected chi connectivity index (χ0v) is 18.7. The summed E-state index contributed by atoms with van der Waals surface area (Å²) in [4.78, 5) is 5.94.